The van der Waals surface area contributed by atoms with Crippen LogP contribution in [-0.4, -0.2) is 29.2 Å². The highest BCUT2D eigenvalue weighted by atomic mass is 32.2. The number of hydrogen-bond acceptors (Lipinski definition) is 4. The fourth-order valence-corrected chi connectivity index (χ4v) is 0.725. The lowest BCUT2D eigenvalue weighted by Crippen LogP contribution is -2.08. The summed E-state index contributed by atoms with van der Waals surface area (Å²) in [5.41, 5.74) is 5.33. The lowest BCUT2D eigenvalue weighted by molar-refractivity contribution is 0.0991. The molecule has 0 fully saturated rings. The summed E-state index contributed by atoms with van der Waals surface area (Å²) in [5, 5.41) is 12.2. The first-order chi connectivity index (χ1) is 4.81. The summed E-state index contributed by atoms with van der Waals surface area (Å²) >= 11 is 1.40. The van der Waals surface area contributed by atoms with Gasteiger partial charge in [0.1, 0.15) is 6.61 Å². The standard InChI is InChI=1S/C5H12N2O2S/c1-2-10-5(6)7-9-4-3-8/h8H,2-4H2,1H3,(H2,6,7). The molecule has 0 radical (unpaired) electrons. The van der Waals surface area contributed by atoms with Gasteiger partial charge < -0.3 is 15.7 Å². The average Bonchev–Trinajstić information content (AvgIpc) is 1.89. The zero-order chi connectivity index (χ0) is 7.82. The summed E-state index contributed by atoms with van der Waals surface area (Å²) in [6, 6.07) is 0. The Labute approximate surface area is 64.4 Å². The molecule has 0 unspecified atom stereocenters. The molecule has 0 saturated heterocycles. The maximum absolute atomic E-state index is 8.27. The highest BCUT2D eigenvalue weighted by molar-refractivity contribution is 8.13. The van der Waals surface area contributed by atoms with Crippen LogP contribution in [0.4, 0.5) is 0 Å². The Hall–Kier alpha value is -0.420. The lowest BCUT2D eigenvalue weighted by Gasteiger charge is -1.96. The van der Waals surface area contributed by atoms with Crippen LogP contribution < -0.4 is 5.73 Å². The molecule has 0 amide bonds. The van der Waals surface area contributed by atoms with Gasteiger partial charge in [0.05, 0.1) is 6.61 Å². The van der Waals surface area contributed by atoms with Gasteiger partial charge in [-0.3, -0.25) is 0 Å². The van der Waals surface area contributed by atoms with Crippen LogP contribution >= 0.6 is 11.8 Å². The monoisotopic (exact) mass is 164 g/mol. The minimum absolute atomic E-state index is 0.0342. The lowest BCUT2D eigenvalue weighted by atomic mass is 10.8. The maximum atomic E-state index is 8.27. The second-order valence-electron chi connectivity index (χ2n) is 1.42. The maximum Gasteiger partial charge on any atom is 0.197 e. The van der Waals surface area contributed by atoms with Crippen molar-refractivity contribution < 1.29 is 9.94 Å². The molecule has 0 aliphatic heterocycles. The van der Waals surface area contributed by atoms with Crippen molar-refractivity contribution in [3.63, 3.8) is 0 Å². The zero-order valence-electron chi connectivity index (χ0n) is 5.91. The molecule has 60 valence electrons. The van der Waals surface area contributed by atoms with E-state index in [1.807, 2.05) is 6.92 Å². The predicted octanol–water partition coefficient (Wildman–Crippen LogP) is -0.0219. The quantitative estimate of drug-likeness (QED) is 0.265. The smallest absolute Gasteiger partial charge is 0.197 e. The Balaban J connectivity index is 3.28. The molecule has 0 aliphatic rings. The Morgan fingerprint density at radius 3 is 3.00 bits per heavy atom. The van der Waals surface area contributed by atoms with E-state index in [9.17, 15) is 0 Å². The topological polar surface area (TPSA) is 67.8 Å². The molecule has 0 aromatic heterocycles. The predicted molar refractivity (Wildman–Crippen MR) is 42.8 cm³/mol. The van der Waals surface area contributed by atoms with Crippen LogP contribution in [0.5, 0.6) is 0 Å². The van der Waals surface area contributed by atoms with Crippen molar-refractivity contribution in [3.8, 4) is 0 Å². The van der Waals surface area contributed by atoms with E-state index < -0.39 is 0 Å². The molecular weight excluding hydrogens is 152 g/mol. The van der Waals surface area contributed by atoms with E-state index in [4.69, 9.17) is 10.8 Å². The normalized spacial score (nSPS) is 11.6. The Kier molecular flexibility index (Phi) is 6.42. The van der Waals surface area contributed by atoms with Gasteiger partial charge in [-0.15, -0.1) is 0 Å². The molecule has 0 saturated carbocycles. The van der Waals surface area contributed by atoms with Crippen molar-refractivity contribution in [2.45, 2.75) is 6.92 Å². The fourth-order valence-electron chi connectivity index (χ4n) is 0.324. The summed E-state index contributed by atoms with van der Waals surface area (Å²) < 4.78 is 0. The molecule has 0 rings (SSSR count). The number of amidine groups is 1. The van der Waals surface area contributed by atoms with Gasteiger partial charge in [-0.2, -0.15) is 0 Å². The third kappa shape index (κ3) is 5.71. The van der Waals surface area contributed by atoms with Crippen molar-refractivity contribution >= 4 is 16.9 Å². The molecular formula is C5H12N2O2S. The molecule has 0 aromatic rings. The van der Waals surface area contributed by atoms with E-state index in [0.29, 0.717) is 5.17 Å². The molecule has 0 bridgehead atoms. The summed E-state index contributed by atoms with van der Waals surface area (Å²) in [6.07, 6.45) is 0. The highest BCUT2D eigenvalue weighted by Gasteiger charge is 1.89. The van der Waals surface area contributed by atoms with Gasteiger partial charge in [-0.1, -0.05) is 23.8 Å². The number of hydrogen-bond donors (Lipinski definition) is 2. The minimum Gasteiger partial charge on any atom is -0.393 e. The number of aliphatic hydroxyl groups excluding tert-OH is 1. The Morgan fingerprint density at radius 1 is 1.80 bits per heavy atom. The number of nitrogens with zero attached hydrogens (tertiary/aromatic N) is 1. The first kappa shape index (κ1) is 9.58. The Morgan fingerprint density at radius 2 is 2.50 bits per heavy atom. The van der Waals surface area contributed by atoms with Gasteiger partial charge in [-0.25, -0.2) is 0 Å². The number of oxime groups is 1. The molecule has 0 atom stereocenters. The van der Waals surface area contributed by atoms with Gasteiger partial charge in [0.2, 0.25) is 0 Å². The molecule has 4 nitrogen and oxygen atoms in total. The molecule has 10 heavy (non-hydrogen) atoms. The summed E-state index contributed by atoms with van der Waals surface area (Å²) in [6.45, 7) is 2.14. The number of aliphatic hydroxyl groups is 1. The van der Waals surface area contributed by atoms with Crippen molar-refractivity contribution in [1.82, 2.24) is 0 Å². The van der Waals surface area contributed by atoms with Crippen LogP contribution in [0, 0.1) is 0 Å². The van der Waals surface area contributed by atoms with E-state index in [-0.39, 0.29) is 13.2 Å². The van der Waals surface area contributed by atoms with Gasteiger partial charge >= 0.3 is 0 Å². The largest absolute Gasteiger partial charge is 0.393 e. The molecule has 0 heterocycles. The first-order valence-corrected chi connectivity index (χ1v) is 3.99. The van der Waals surface area contributed by atoms with Crippen LogP contribution in [0.2, 0.25) is 0 Å². The molecule has 3 N–H and O–H groups in total. The van der Waals surface area contributed by atoms with Crippen molar-refractivity contribution in [2.24, 2.45) is 10.9 Å². The zero-order valence-corrected chi connectivity index (χ0v) is 6.73. The van der Waals surface area contributed by atoms with E-state index in [0.717, 1.165) is 5.75 Å². The van der Waals surface area contributed by atoms with Gasteiger partial charge in [0, 0.05) is 0 Å². The number of rotatable bonds is 4. The van der Waals surface area contributed by atoms with Crippen molar-refractivity contribution in [2.75, 3.05) is 19.0 Å². The van der Waals surface area contributed by atoms with E-state index in [2.05, 4.69) is 9.99 Å². The van der Waals surface area contributed by atoms with Crippen LogP contribution in [0.25, 0.3) is 0 Å². The van der Waals surface area contributed by atoms with Crippen molar-refractivity contribution in [1.29, 1.82) is 0 Å². The molecule has 5 heteroatoms. The number of thioether (sulfide) groups is 1. The molecule has 0 spiro atoms. The SMILES string of the molecule is CCSC(N)=NOCCO. The Bertz CT molecular complexity index is 108. The molecule has 0 aliphatic carbocycles. The molecule has 0 aromatic carbocycles. The van der Waals surface area contributed by atoms with Crippen LogP contribution in [0.1, 0.15) is 6.92 Å². The van der Waals surface area contributed by atoms with E-state index in [1.54, 1.807) is 0 Å². The van der Waals surface area contributed by atoms with E-state index >= 15 is 0 Å². The third-order valence-corrected chi connectivity index (χ3v) is 1.29. The van der Waals surface area contributed by atoms with E-state index in [1.165, 1.54) is 11.8 Å². The second-order valence-corrected chi connectivity index (χ2v) is 2.70. The average molecular weight is 164 g/mol. The fraction of sp³-hybridized carbons (Fsp3) is 0.800. The summed E-state index contributed by atoms with van der Waals surface area (Å²) in [4.78, 5) is 4.59. The third-order valence-electron chi connectivity index (χ3n) is 0.629. The minimum atomic E-state index is -0.0342. The van der Waals surface area contributed by atoms with Crippen LogP contribution in [0.3, 0.4) is 0 Å². The summed E-state index contributed by atoms with van der Waals surface area (Å²) in [5.74, 6) is 0.873. The first-order valence-electron chi connectivity index (χ1n) is 3.00. The number of nitrogens with two attached hydrogens (primary N) is 1. The summed E-state index contributed by atoms with van der Waals surface area (Å²) in [7, 11) is 0. The van der Waals surface area contributed by atoms with Gasteiger partial charge in [0.25, 0.3) is 0 Å². The van der Waals surface area contributed by atoms with Crippen LogP contribution in [-0.2, 0) is 4.84 Å². The van der Waals surface area contributed by atoms with Gasteiger partial charge in [-0.05, 0) is 5.75 Å². The van der Waals surface area contributed by atoms with Crippen LogP contribution in [0.15, 0.2) is 5.16 Å². The van der Waals surface area contributed by atoms with Gasteiger partial charge in [0.15, 0.2) is 5.17 Å². The van der Waals surface area contributed by atoms with Crippen molar-refractivity contribution in [3.05, 3.63) is 0 Å². The highest BCUT2D eigenvalue weighted by Crippen LogP contribution is 1.97. The second kappa shape index (κ2) is 6.70.